The van der Waals surface area contributed by atoms with Gasteiger partial charge in [-0.25, -0.2) is 4.98 Å². The first-order valence-corrected chi connectivity index (χ1v) is 8.89. The van der Waals surface area contributed by atoms with E-state index in [1.807, 2.05) is 32.9 Å². The molecular formula is C18H30N4O2. The van der Waals surface area contributed by atoms with Gasteiger partial charge in [0.1, 0.15) is 5.82 Å². The number of aliphatic hydroxyl groups is 1. The molecule has 2 rings (SSSR count). The zero-order chi connectivity index (χ0) is 17.5. The SMILES string of the molecule is CCC(O)CN1CCN(c2ccc(NC(=O)CC(C)C)cn2)CC1. The van der Waals surface area contributed by atoms with Gasteiger partial charge in [-0.15, -0.1) is 0 Å². The highest BCUT2D eigenvalue weighted by Gasteiger charge is 2.19. The predicted octanol–water partition coefficient (Wildman–Crippen LogP) is 1.96. The number of carbonyl (C=O) groups is 1. The lowest BCUT2D eigenvalue weighted by Gasteiger charge is -2.36. The molecule has 1 aromatic rings. The van der Waals surface area contributed by atoms with E-state index in [9.17, 15) is 9.90 Å². The molecule has 1 unspecified atom stereocenters. The van der Waals surface area contributed by atoms with Gasteiger partial charge in [-0.05, 0) is 24.5 Å². The fourth-order valence-electron chi connectivity index (χ4n) is 2.82. The standard InChI is InChI=1S/C18H30N4O2/c1-4-16(23)13-21-7-9-22(10-8-21)17-6-5-15(12-19-17)20-18(24)11-14(2)3/h5-6,12,14,16,23H,4,7-11,13H2,1-3H3,(H,20,24). The molecule has 1 aromatic heterocycles. The Morgan fingerprint density at radius 1 is 1.29 bits per heavy atom. The second-order valence-electron chi connectivity index (χ2n) is 6.90. The summed E-state index contributed by atoms with van der Waals surface area (Å²) in [4.78, 5) is 20.8. The van der Waals surface area contributed by atoms with Crippen LogP contribution in [0.4, 0.5) is 11.5 Å². The second kappa shape index (κ2) is 8.99. The number of anilines is 2. The molecule has 1 atom stereocenters. The lowest BCUT2D eigenvalue weighted by atomic mass is 10.1. The van der Waals surface area contributed by atoms with Crippen LogP contribution in [0.1, 0.15) is 33.6 Å². The fraction of sp³-hybridized carbons (Fsp3) is 0.667. The van der Waals surface area contributed by atoms with Crippen LogP contribution in [0.25, 0.3) is 0 Å². The summed E-state index contributed by atoms with van der Waals surface area (Å²) in [5.41, 5.74) is 0.745. The molecule has 0 aromatic carbocycles. The Bertz CT molecular complexity index is 510. The molecule has 6 nitrogen and oxygen atoms in total. The lowest BCUT2D eigenvalue weighted by molar-refractivity contribution is -0.116. The Labute approximate surface area is 144 Å². The van der Waals surface area contributed by atoms with Crippen LogP contribution >= 0.6 is 0 Å². The number of aliphatic hydroxyl groups excluding tert-OH is 1. The number of piperazine rings is 1. The number of amides is 1. The van der Waals surface area contributed by atoms with Crippen LogP contribution in [-0.4, -0.2) is 59.7 Å². The number of rotatable bonds is 7. The molecule has 0 radical (unpaired) electrons. The van der Waals surface area contributed by atoms with Gasteiger partial charge in [0.15, 0.2) is 0 Å². The van der Waals surface area contributed by atoms with Gasteiger partial charge in [-0.1, -0.05) is 20.8 Å². The molecule has 134 valence electrons. The van der Waals surface area contributed by atoms with E-state index < -0.39 is 0 Å². The van der Waals surface area contributed by atoms with Gasteiger partial charge < -0.3 is 15.3 Å². The molecule has 0 saturated carbocycles. The smallest absolute Gasteiger partial charge is 0.224 e. The Morgan fingerprint density at radius 3 is 2.54 bits per heavy atom. The average molecular weight is 334 g/mol. The highest BCUT2D eigenvalue weighted by atomic mass is 16.3. The van der Waals surface area contributed by atoms with Crippen LogP contribution in [0.2, 0.25) is 0 Å². The monoisotopic (exact) mass is 334 g/mol. The zero-order valence-electron chi connectivity index (χ0n) is 15.0. The summed E-state index contributed by atoms with van der Waals surface area (Å²) in [5.74, 6) is 1.31. The maximum atomic E-state index is 11.8. The summed E-state index contributed by atoms with van der Waals surface area (Å²) in [5, 5.41) is 12.6. The third-order valence-electron chi connectivity index (χ3n) is 4.26. The molecule has 0 aliphatic carbocycles. The van der Waals surface area contributed by atoms with Crippen LogP contribution in [0.15, 0.2) is 18.3 Å². The first-order chi connectivity index (χ1) is 11.5. The average Bonchev–Trinajstić information content (AvgIpc) is 2.55. The normalized spacial score (nSPS) is 17.1. The topological polar surface area (TPSA) is 68.7 Å². The molecule has 1 saturated heterocycles. The van der Waals surface area contributed by atoms with Crippen LogP contribution in [0.3, 0.4) is 0 Å². The number of hydrogen-bond acceptors (Lipinski definition) is 5. The Hall–Kier alpha value is -1.66. The quantitative estimate of drug-likeness (QED) is 0.798. The largest absolute Gasteiger partial charge is 0.392 e. The van der Waals surface area contributed by atoms with E-state index >= 15 is 0 Å². The number of nitrogens with one attached hydrogen (secondary N) is 1. The van der Waals surface area contributed by atoms with Crippen molar-refractivity contribution in [2.24, 2.45) is 5.92 Å². The number of carbonyl (C=O) groups excluding carboxylic acids is 1. The first-order valence-electron chi connectivity index (χ1n) is 8.89. The molecule has 2 N–H and O–H groups in total. The third-order valence-corrected chi connectivity index (χ3v) is 4.26. The fourth-order valence-corrected chi connectivity index (χ4v) is 2.82. The van der Waals surface area contributed by atoms with Gasteiger partial charge >= 0.3 is 0 Å². The third kappa shape index (κ3) is 5.76. The molecule has 1 aliphatic rings. The molecule has 1 fully saturated rings. The van der Waals surface area contributed by atoms with Gasteiger partial charge in [0.05, 0.1) is 18.0 Å². The molecule has 6 heteroatoms. The van der Waals surface area contributed by atoms with E-state index in [0.717, 1.165) is 50.6 Å². The van der Waals surface area contributed by atoms with Crippen molar-refractivity contribution in [3.8, 4) is 0 Å². The van der Waals surface area contributed by atoms with E-state index in [4.69, 9.17) is 0 Å². The highest BCUT2D eigenvalue weighted by molar-refractivity contribution is 5.90. The number of pyridine rings is 1. The number of hydrogen-bond donors (Lipinski definition) is 2. The van der Waals surface area contributed by atoms with E-state index in [2.05, 4.69) is 20.1 Å². The summed E-state index contributed by atoms with van der Waals surface area (Å²) in [7, 11) is 0. The minimum Gasteiger partial charge on any atom is -0.392 e. The Morgan fingerprint density at radius 2 is 2.00 bits per heavy atom. The van der Waals surface area contributed by atoms with Crippen molar-refractivity contribution in [2.45, 2.75) is 39.7 Å². The Balaban J connectivity index is 1.83. The van der Waals surface area contributed by atoms with Gasteiger partial charge in [0.25, 0.3) is 0 Å². The van der Waals surface area contributed by atoms with Crippen LogP contribution in [0.5, 0.6) is 0 Å². The van der Waals surface area contributed by atoms with Crippen LogP contribution in [0, 0.1) is 5.92 Å². The van der Waals surface area contributed by atoms with E-state index in [0.29, 0.717) is 12.3 Å². The number of nitrogens with zero attached hydrogens (tertiary/aromatic N) is 3. The van der Waals surface area contributed by atoms with Gasteiger partial charge in [0, 0.05) is 39.1 Å². The number of β-amino-alcohol motifs (C(OH)–C–C–N with tert-alkyl or cyclic N) is 1. The van der Waals surface area contributed by atoms with E-state index in [-0.39, 0.29) is 12.0 Å². The summed E-state index contributed by atoms with van der Waals surface area (Å²) < 4.78 is 0. The molecule has 1 aliphatic heterocycles. The maximum Gasteiger partial charge on any atom is 0.224 e. The van der Waals surface area contributed by atoms with Crippen molar-refractivity contribution < 1.29 is 9.90 Å². The molecule has 1 amide bonds. The molecule has 2 heterocycles. The summed E-state index contributed by atoms with van der Waals surface area (Å²) in [6.07, 6.45) is 2.81. The summed E-state index contributed by atoms with van der Waals surface area (Å²) >= 11 is 0. The van der Waals surface area contributed by atoms with Gasteiger partial charge in [0.2, 0.25) is 5.91 Å². The van der Waals surface area contributed by atoms with E-state index in [1.54, 1.807) is 6.20 Å². The minimum absolute atomic E-state index is 0.0302. The summed E-state index contributed by atoms with van der Waals surface area (Å²) in [6.45, 7) is 10.5. The first kappa shape index (κ1) is 18.7. The molecule has 24 heavy (non-hydrogen) atoms. The van der Waals surface area contributed by atoms with Crippen molar-refractivity contribution in [1.82, 2.24) is 9.88 Å². The van der Waals surface area contributed by atoms with Crippen molar-refractivity contribution in [2.75, 3.05) is 42.9 Å². The van der Waals surface area contributed by atoms with E-state index in [1.165, 1.54) is 0 Å². The lowest BCUT2D eigenvalue weighted by Crippen LogP contribution is -2.48. The second-order valence-corrected chi connectivity index (χ2v) is 6.90. The van der Waals surface area contributed by atoms with Crippen molar-refractivity contribution >= 4 is 17.4 Å². The van der Waals surface area contributed by atoms with Crippen LogP contribution in [-0.2, 0) is 4.79 Å². The van der Waals surface area contributed by atoms with Crippen molar-refractivity contribution in [1.29, 1.82) is 0 Å². The number of aromatic nitrogens is 1. The summed E-state index contributed by atoms with van der Waals surface area (Å²) in [6, 6.07) is 3.87. The predicted molar refractivity (Wildman–Crippen MR) is 97.3 cm³/mol. The molecule has 0 bridgehead atoms. The van der Waals surface area contributed by atoms with Gasteiger partial charge in [-0.2, -0.15) is 0 Å². The highest BCUT2D eigenvalue weighted by Crippen LogP contribution is 2.17. The maximum absolute atomic E-state index is 11.8. The molecular weight excluding hydrogens is 304 g/mol. The Kier molecular flexibility index (Phi) is 6.99. The minimum atomic E-state index is -0.233. The zero-order valence-corrected chi connectivity index (χ0v) is 15.0. The van der Waals surface area contributed by atoms with Crippen LogP contribution < -0.4 is 10.2 Å². The molecule has 0 spiro atoms. The van der Waals surface area contributed by atoms with Crippen molar-refractivity contribution in [3.05, 3.63) is 18.3 Å². The van der Waals surface area contributed by atoms with Crippen molar-refractivity contribution in [3.63, 3.8) is 0 Å². The van der Waals surface area contributed by atoms with Gasteiger partial charge in [-0.3, -0.25) is 9.69 Å².